The van der Waals surface area contributed by atoms with Crippen LogP contribution in [0.2, 0.25) is 0 Å². The summed E-state index contributed by atoms with van der Waals surface area (Å²) in [5, 5.41) is 0. The second-order valence-electron chi connectivity index (χ2n) is 2.96. The number of unbranched alkanes of at least 4 members (excludes halogenated alkanes) is 2. The van der Waals surface area contributed by atoms with Gasteiger partial charge in [-0.1, -0.05) is 19.8 Å². The fourth-order valence-electron chi connectivity index (χ4n) is 1.06. The predicted octanol–water partition coefficient (Wildman–Crippen LogP) is 0.434. The lowest BCUT2D eigenvalue weighted by Gasteiger charge is -2.08. The summed E-state index contributed by atoms with van der Waals surface area (Å²) in [6, 6.07) is 0. The van der Waals surface area contributed by atoms with Gasteiger partial charge < -0.3 is 10.5 Å². The molecule has 0 saturated heterocycles. The van der Waals surface area contributed by atoms with E-state index in [9.17, 15) is 9.59 Å². The molecule has 0 unspecified atom stereocenters. The van der Waals surface area contributed by atoms with Crippen molar-refractivity contribution < 1.29 is 4.74 Å². The summed E-state index contributed by atoms with van der Waals surface area (Å²) >= 11 is 0. The minimum absolute atomic E-state index is 0.0264. The maximum atomic E-state index is 10.8. The molecule has 13 heavy (non-hydrogen) atoms. The smallest absolute Gasteiger partial charge is 0.271 e. The van der Waals surface area contributed by atoms with Crippen molar-refractivity contribution in [3.05, 3.63) is 20.4 Å². The zero-order valence-electron chi connectivity index (χ0n) is 7.63. The number of nitrogens with two attached hydrogens (primary N) is 1. The number of ether oxygens (including phenoxy) is 1. The molecule has 0 aliphatic rings. The van der Waals surface area contributed by atoms with Gasteiger partial charge in [0.1, 0.15) is 5.69 Å². The van der Waals surface area contributed by atoms with Crippen LogP contribution in [0, 0.1) is 0 Å². The molecule has 4 heteroatoms. The van der Waals surface area contributed by atoms with Crippen LogP contribution >= 0.6 is 0 Å². The maximum absolute atomic E-state index is 10.8. The molecule has 0 fully saturated rings. The van der Waals surface area contributed by atoms with Gasteiger partial charge in [0.2, 0.25) is 0 Å². The molecule has 0 aromatic heterocycles. The van der Waals surface area contributed by atoms with E-state index in [4.69, 9.17) is 10.5 Å². The molecule has 0 spiro atoms. The SMILES string of the molecule is CCCCCOc1c(N)c(=O)c1=O. The van der Waals surface area contributed by atoms with Crippen molar-refractivity contribution in [2.24, 2.45) is 0 Å². The minimum atomic E-state index is -0.620. The summed E-state index contributed by atoms with van der Waals surface area (Å²) in [4.78, 5) is 21.5. The Hall–Kier alpha value is -1.32. The van der Waals surface area contributed by atoms with Crippen LogP contribution in [-0.4, -0.2) is 6.61 Å². The second-order valence-corrected chi connectivity index (χ2v) is 2.96. The van der Waals surface area contributed by atoms with E-state index in [1.54, 1.807) is 0 Å². The van der Waals surface area contributed by atoms with Crippen molar-refractivity contribution >= 4 is 5.69 Å². The van der Waals surface area contributed by atoms with Gasteiger partial charge in [-0.05, 0) is 6.42 Å². The van der Waals surface area contributed by atoms with E-state index in [0.29, 0.717) is 6.61 Å². The largest absolute Gasteiger partial charge is 0.487 e. The van der Waals surface area contributed by atoms with E-state index in [1.807, 2.05) is 0 Å². The third-order valence-corrected chi connectivity index (χ3v) is 1.90. The van der Waals surface area contributed by atoms with Crippen molar-refractivity contribution in [2.75, 3.05) is 12.3 Å². The highest BCUT2D eigenvalue weighted by Crippen LogP contribution is 2.12. The molecule has 0 radical (unpaired) electrons. The quantitative estimate of drug-likeness (QED) is 0.531. The summed E-state index contributed by atoms with van der Waals surface area (Å²) in [7, 11) is 0. The molecule has 1 aromatic carbocycles. The standard InChI is InChI=1S/C9H13NO3/c1-2-3-4-5-13-9-6(10)7(11)8(9)12/h2-5,10H2,1H3. The molecule has 4 nitrogen and oxygen atoms in total. The monoisotopic (exact) mass is 183 g/mol. The first-order valence-corrected chi connectivity index (χ1v) is 4.40. The van der Waals surface area contributed by atoms with Gasteiger partial charge in [0.05, 0.1) is 6.61 Å². The van der Waals surface area contributed by atoms with Crippen LogP contribution in [0.1, 0.15) is 26.2 Å². The first-order valence-electron chi connectivity index (χ1n) is 4.40. The molecule has 0 saturated carbocycles. The third-order valence-electron chi connectivity index (χ3n) is 1.90. The number of hydrogen-bond acceptors (Lipinski definition) is 4. The molecule has 0 bridgehead atoms. The summed E-state index contributed by atoms with van der Waals surface area (Å²) in [5.74, 6) is 0.0566. The Kier molecular flexibility index (Phi) is 3.06. The van der Waals surface area contributed by atoms with Crippen LogP contribution in [-0.2, 0) is 0 Å². The van der Waals surface area contributed by atoms with Gasteiger partial charge in [-0.15, -0.1) is 0 Å². The summed E-state index contributed by atoms with van der Waals surface area (Å²) in [6.45, 7) is 2.54. The van der Waals surface area contributed by atoms with Gasteiger partial charge in [-0.2, -0.15) is 0 Å². The first kappa shape index (κ1) is 9.77. The zero-order valence-corrected chi connectivity index (χ0v) is 7.63. The van der Waals surface area contributed by atoms with Crippen molar-refractivity contribution in [1.29, 1.82) is 0 Å². The molecular formula is C9H13NO3. The topological polar surface area (TPSA) is 69.4 Å². The van der Waals surface area contributed by atoms with E-state index < -0.39 is 10.9 Å². The summed E-state index contributed by atoms with van der Waals surface area (Å²) in [5.41, 5.74) is 4.02. The summed E-state index contributed by atoms with van der Waals surface area (Å²) in [6.07, 6.45) is 3.02. The average Bonchev–Trinajstić information content (AvgIpc) is 2.16. The molecule has 0 amide bonds. The minimum Gasteiger partial charge on any atom is -0.487 e. The highest BCUT2D eigenvalue weighted by Gasteiger charge is 2.18. The van der Waals surface area contributed by atoms with E-state index in [0.717, 1.165) is 19.3 Å². The molecular weight excluding hydrogens is 170 g/mol. The van der Waals surface area contributed by atoms with E-state index in [1.165, 1.54) is 0 Å². The normalized spacial score (nSPS) is 10.5. The Morgan fingerprint density at radius 1 is 1.23 bits per heavy atom. The van der Waals surface area contributed by atoms with Gasteiger partial charge in [-0.25, -0.2) is 0 Å². The third kappa shape index (κ3) is 1.88. The molecule has 2 N–H and O–H groups in total. The van der Waals surface area contributed by atoms with Crippen molar-refractivity contribution in [3.63, 3.8) is 0 Å². The average molecular weight is 183 g/mol. The van der Waals surface area contributed by atoms with Gasteiger partial charge in [0.15, 0.2) is 5.75 Å². The Bertz CT molecular complexity index is 350. The van der Waals surface area contributed by atoms with Crippen LogP contribution in [0.15, 0.2) is 9.59 Å². The van der Waals surface area contributed by atoms with Gasteiger partial charge in [-0.3, -0.25) is 9.59 Å². The number of rotatable bonds is 5. The van der Waals surface area contributed by atoms with Crippen LogP contribution < -0.4 is 21.3 Å². The van der Waals surface area contributed by atoms with E-state index in [2.05, 4.69) is 6.92 Å². The molecule has 72 valence electrons. The lowest BCUT2D eigenvalue weighted by molar-refractivity contribution is 0.302. The Balaban J connectivity index is 2.39. The van der Waals surface area contributed by atoms with Crippen LogP contribution in [0.5, 0.6) is 5.75 Å². The molecule has 0 aliphatic heterocycles. The summed E-state index contributed by atoms with van der Waals surface area (Å²) < 4.78 is 5.06. The molecule has 0 heterocycles. The van der Waals surface area contributed by atoms with Crippen LogP contribution in [0.3, 0.4) is 0 Å². The number of nitrogen functional groups attached to an aromatic ring is 1. The fourth-order valence-corrected chi connectivity index (χ4v) is 1.06. The lowest BCUT2D eigenvalue weighted by Crippen LogP contribution is -2.35. The second kappa shape index (κ2) is 4.07. The fraction of sp³-hybridized carbons (Fsp3) is 0.556. The Morgan fingerprint density at radius 2 is 1.92 bits per heavy atom. The van der Waals surface area contributed by atoms with Crippen molar-refractivity contribution in [3.8, 4) is 5.75 Å². The van der Waals surface area contributed by atoms with E-state index in [-0.39, 0.29) is 11.4 Å². The van der Waals surface area contributed by atoms with Gasteiger partial charge >= 0.3 is 0 Å². The Labute approximate surface area is 76.0 Å². The molecule has 1 aromatic rings. The van der Waals surface area contributed by atoms with Gasteiger partial charge in [0.25, 0.3) is 10.9 Å². The Morgan fingerprint density at radius 3 is 2.46 bits per heavy atom. The zero-order chi connectivity index (χ0) is 9.84. The predicted molar refractivity (Wildman–Crippen MR) is 50.8 cm³/mol. The maximum Gasteiger partial charge on any atom is 0.271 e. The molecule has 1 rings (SSSR count). The van der Waals surface area contributed by atoms with Crippen molar-refractivity contribution in [2.45, 2.75) is 26.2 Å². The van der Waals surface area contributed by atoms with E-state index >= 15 is 0 Å². The number of hydrogen-bond donors (Lipinski definition) is 1. The lowest BCUT2D eigenvalue weighted by atomic mass is 10.2. The first-order chi connectivity index (χ1) is 6.18. The van der Waals surface area contributed by atoms with Crippen LogP contribution in [0.4, 0.5) is 5.69 Å². The van der Waals surface area contributed by atoms with Crippen LogP contribution in [0.25, 0.3) is 0 Å². The number of anilines is 1. The highest BCUT2D eigenvalue weighted by atomic mass is 16.5. The molecule has 0 atom stereocenters. The van der Waals surface area contributed by atoms with Gasteiger partial charge in [0, 0.05) is 0 Å². The highest BCUT2D eigenvalue weighted by molar-refractivity contribution is 5.57. The van der Waals surface area contributed by atoms with Crippen molar-refractivity contribution in [1.82, 2.24) is 0 Å². The molecule has 0 aliphatic carbocycles.